The van der Waals surface area contributed by atoms with Crippen molar-refractivity contribution in [2.75, 3.05) is 14.2 Å². The van der Waals surface area contributed by atoms with E-state index in [0.29, 0.717) is 0 Å². The molecule has 0 aromatic heterocycles. The Labute approximate surface area is 202 Å². The van der Waals surface area contributed by atoms with Gasteiger partial charge in [-0.15, -0.1) is 0 Å². The summed E-state index contributed by atoms with van der Waals surface area (Å²) in [6.07, 6.45) is 0. The highest BCUT2D eigenvalue weighted by molar-refractivity contribution is 5.31. The fourth-order valence-electron chi connectivity index (χ4n) is 4.12. The number of methoxy groups -OCH3 is 2. The van der Waals surface area contributed by atoms with Gasteiger partial charge in [0.25, 0.3) is 0 Å². The van der Waals surface area contributed by atoms with Crippen LogP contribution in [-0.4, -0.2) is 14.2 Å². The molecule has 2 N–H and O–H groups in total. The van der Waals surface area contributed by atoms with Crippen LogP contribution in [0.15, 0.2) is 109 Å². The Balaban J connectivity index is 1.59. The van der Waals surface area contributed by atoms with E-state index in [-0.39, 0.29) is 12.1 Å². The molecule has 4 rings (SSSR count). The molecule has 34 heavy (non-hydrogen) atoms. The SMILES string of the molecule is COc1ccc(CN[C@@H](c2ccccc2)[C@@H](NCc2ccc(OC)cc2)c2ccccc2)cc1. The van der Waals surface area contributed by atoms with Crippen LogP contribution in [0.2, 0.25) is 0 Å². The van der Waals surface area contributed by atoms with Crippen LogP contribution in [0.3, 0.4) is 0 Å². The topological polar surface area (TPSA) is 42.5 Å². The van der Waals surface area contributed by atoms with E-state index in [1.54, 1.807) is 14.2 Å². The summed E-state index contributed by atoms with van der Waals surface area (Å²) in [6, 6.07) is 37.9. The molecule has 0 aliphatic rings. The standard InChI is InChI=1S/C30H32N2O2/c1-33-27-17-13-23(14-18-27)21-31-29(25-9-5-3-6-10-25)30(26-11-7-4-8-12-26)32-22-24-15-19-28(34-2)20-16-24/h3-20,29-32H,21-22H2,1-2H3/t29-,30-/m0/s1. The molecule has 4 heteroatoms. The van der Waals surface area contributed by atoms with Gasteiger partial charge in [-0.05, 0) is 46.5 Å². The van der Waals surface area contributed by atoms with Gasteiger partial charge in [0, 0.05) is 13.1 Å². The number of ether oxygens (including phenoxy) is 2. The van der Waals surface area contributed by atoms with Crippen LogP contribution < -0.4 is 20.1 Å². The number of hydrogen-bond acceptors (Lipinski definition) is 4. The Morgan fingerprint density at radius 1 is 0.500 bits per heavy atom. The molecule has 0 unspecified atom stereocenters. The summed E-state index contributed by atoms with van der Waals surface area (Å²) in [5, 5.41) is 7.64. The third-order valence-electron chi connectivity index (χ3n) is 6.02. The second kappa shape index (κ2) is 12.0. The average molecular weight is 453 g/mol. The Kier molecular flexibility index (Phi) is 8.33. The normalized spacial score (nSPS) is 12.6. The fourth-order valence-corrected chi connectivity index (χ4v) is 4.12. The maximum absolute atomic E-state index is 5.31. The van der Waals surface area contributed by atoms with E-state index >= 15 is 0 Å². The first-order chi connectivity index (χ1) is 16.8. The van der Waals surface area contributed by atoms with Gasteiger partial charge in [-0.25, -0.2) is 0 Å². The van der Waals surface area contributed by atoms with Crippen molar-refractivity contribution in [3.05, 3.63) is 131 Å². The summed E-state index contributed by atoms with van der Waals surface area (Å²) in [4.78, 5) is 0. The van der Waals surface area contributed by atoms with Crippen molar-refractivity contribution in [2.24, 2.45) is 0 Å². The lowest BCUT2D eigenvalue weighted by molar-refractivity contribution is 0.380. The van der Waals surface area contributed by atoms with E-state index in [9.17, 15) is 0 Å². The lowest BCUT2D eigenvalue weighted by Gasteiger charge is -2.30. The lowest BCUT2D eigenvalue weighted by atomic mass is 9.92. The van der Waals surface area contributed by atoms with Crippen molar-refractivity contribution < 1.29 is 9.47 Å². The monoisotopic (exact) mass is 452 g/mol. The first-order valence-corrected chi connectivity index (χ1v) is 11.6. The minimum absolute atomic E-state index is 0.0731. The summed E-state index contributed by atoms with van der Waals surface area (Å²) in [5.41, 5.74) is 4.91. The van der Waals surface area contributed by atoms with Gasteiger partial charge in [-0.3, -0.25) is 0 Å². The van der Waals surface area contributed by atoms with Crippen molar-refractivity contribution in [2.45, 2.75) is 25.2 Å². The molecule has 0 saturated heterocycles. The van der Waals surface area contributed by atoms with Crippen LogP contribution in [0, 0.1) is 0 Å². The Hall–Kier alpha value is -3.60. The second-order valence-corrected chi connectivity index (χ2v) is 8.23. The largest absolute Gasteiger partial charge is 0.497 e. The van der Waals surface area contributed by atoms with Gasteiger partial charge in [0.2, 0.25) is 0 Å². The predicted molar refractivity (Wildman–Crippen MR) is 138 cm³/mol. The number of hydrogen-bond donors (Lipinski definition) is 2. The van der Waals surface area contributed by atoms with E-state index in [0.717, 1.165) is 24.6 Å². The molecule has 0 spiro atoms. The van der Waals surface area contributed by atoms with Gasteiger partial charge in [0.05, 0.1) is 26.3 Å². The van der Waals surface area contributed by atoms with E-state index in [2.05, 4.69) is 95.6 Å². The highest BCUT2D eigenvalue weighted by atomic mass is 16.5. The van der Waals surface area contributed by atoms with E-state index < -0.39 is 0 Å². The zero-order valence-corrected chi connectivity index (χ0v) is 19.8. The minimum atomic E-state index is 0.0731. The summed E-state index contributed by atoms with van der Waals surface area (Å²) in [5.74, 6) is 1.73. The molecular formula is C30H32N2O2. The van der Waals surface area contributed by atoms with Gasteiger partial charge < -0.3 is 20.1 Å². The van der Waals surface area contributed by atoms with Crippen LogP contribution in [0.25, 0.3) is 0 Å². The van der Waals surface area contributed by atoms with Crippen LogP contribution in [-0.2, 0) is 13.1 Å². The van der Waals surface area contributed by atoms with Gasteiger partial charge in [-0.1, -0.05) is 84.9 Å². The molecule has 0 amide bonds. The molecule has 4 aromatic rings. The first-order valence-electron chi connectivity index (χ1n) is 11.6. The zero-order chi connectivity index (χ0) is 23.6. The van der Waals surface area contributed by atoms with Crippen molar-refractivity contribution in [1.29, 1.82) is 0 Å². The van der Waals surface area contributed by atoms with E-state index in [4.69, 9.17) is 9.47 Å². The smallest absolute Gasteiger partial charge is 0.118 e. The minimum Gasteiger partial charge on any atom is -0.497 e. The van der Waals surface area contributed by atoms with Crippen molar-refractivity contribution in [3.63, 3.8) is 0 Å². The third-order valence-corrected chi connectivity index (χ3v) is 6.02. The second-order valence-electron chi connectivity index (χ2n) is 8.23. The van der Waals surface area contributed by atoms with Crippen molar-refractivity contribution >= 4 is 0 Å². The van der Waals surface area contributed by atoms with Crippen LogP contribution >= 0.6 is 0 Å². The Bertz CT molecular complexity index is 1020. The predicted octanol–water partition coefficient (Wildman–Crippen LogP) is 6.07. The molecule has 0 heterocycles. The fraction of sp³-hybridized carbons (Fsp3) is 0.200. The summed E-state index contributed by atoms with van der Waals surface area (Å²) in [6.45, 7) is 1.49. The van der Waals surface area contributed by atoms with Gasteiger partial charge >= 0.3 is 0 Å². The maximum Gasteiger partial charge on any atom is 0.118 e. The van der Waals surface area contributed by atoms with Gasteiger partial charge in [0.1, 0.15) is 11.5 Å². The first kappa shape index (κ1) is 23.6. The zero-order valence-electron chi connectivity index (χ0n) is 19.8. The highest BCUT2D eigenvalue weighted by Gasteiger charge is 2.24. The molecule has 0 aliphatic heterocycles. The molecular weight excluding hydrogens is 420 g/mol. The van der Waals surface area contributed by atoms with Crippen LogP contribution in [0.5, 0.6) is 11.5 Å². The molecule has 0 saturated carbocycles. The van der Waals surface area contributed by atoms with Crippen molar-refractivity contribution in [3.8, 4) is 11.5 Å². The molecule has 0 aliphatic carbocycles. The summed E-state index contributed by atoms with van der Waals surface area (Å²) < 4.78 is 10.6. The van der Waals surface area contributed by atoms with Gasteiger partial charge in [0.15, 0.2) is 0 Å². The summed E-state index contributed by atoms with van der Waals surface area (Å²) >= 11 is 0. The maximum atomic E-state index is 5.31. The average Bonchev–Trinajstić information content (AvgIpc) is 2.92. The Morgan fingerprint density at radius 2 is 0.853 bits per heavy atom. The van der Waals surface area contributed by atoms with Crippen LogP contribution in [0.1, 0.15) is 34.3 Å². The molecule has 174 valence electrons. The highest BCUT2D eigenvalue weighted by Crippen LogP contribution is 2.30. The molecule has 0 radical (unpaired) electrons. The summed E-state index contributed by atoms with van der Waals surface area (Å²) in [7, 11) is 3.38. The number of rotatable bonds is 11. The molecule has 0 fully saturated rings. The quantitative estimate of drug-likeness (QED) is 0.290. The van der Waals surface area contributed by atoms with E-state index in [1.165, 1.54) is 22.3 Å². The number of benzene rings is 4. The van der Waals surface area contributed by atoms with Crippen molar-refractivity contribution in [1.82, 2.24) is 10.6 Å². The van der Waals surface area contributed by atoms with Crippen LogP contribution in [0.4, 0.5) is 0 Å². The number of nitrogens with one attached hydrogen (secondary N) is 2. The molecule has 4 nitrogen and oxygen atoms in total. The lowest BCUT2D eigenvalue weighted by Crippen LogP contribution is -2.35. The third kappa shape index (κ3) is 6.25. The Morgan fingerprint density at radius 3 is 1.18 bits per heavy atom. The van der Waals surface area contributed by atoms with E-state index in [1.807, 2.05) is 24.3 Å². The molecule has 4 aromatic carbocycles. The van der Waals surface area contributed by atoms with Gasteiger partial charge in [-0.2, -0.15) is 0 Å². The molecule has 2 atom stereocenters. The molecule has 0 bridgehead atoms.